The highest BCUT2D eigenvalue weighted by Crippen LogP contribution is 2.20. The number of benzene rings is 2. The second-order valence-electron chi connectivity index (χ2n) is 10.7. The van der Waals surface area contributed by atoms with Crippen molar-refractivity contribution in [2.75, 3.05) is 13.2 Å². The Balaban J connectivity index is 1.40. The fourth-order valence-corrected chi connectivity index (χ4v) is 5.13. The van der Waals surface area contributed by atoms with E-state index in [1.54, 1.807) is 12.4 Å². The van der Waals surface area contributed by atoms with Crippen molar-refractivity contribution in [2.24, 2.45) is 11.5 Å². The molecule has 0 radical (unpaired) electrons. The first-order valence-electron chi connectivity index (χ1n) is 14.5. The van der Waals surface area contributed by atoms with Crippen LogP contribution in [0.2, 0.25) is 0 Å². The maximum Gasteiger partial charge on any atom is 0.326 e. The van der Waals surface area contributed by atoms with Crippen LogP contribution in [0, 0.1) is 0 Å². The van der Waals surface area contributed by atoms with Crippen LogP contribution in [0.3, 0.4) is 0 Å². The maximum absolute atomic E-state index is 13.3. The first-order valence-corrected chi connectivity index (χ1v) is 14.5. The van der Waals surface area contributed by atoms with E-state index in [1.165, 1.54) is 0 Å². The summed E-state index contributed by atoms with van der Waals surface area (Å²) in [4.78, 5) is 57.6. The molecular formula is C31H39N7O6. The van der Waals surface area contributed by atoms with Gasteiger partial charge in [0.15, 0.2) is 0 Å². The van der Waals surface area contributed by atoms with Gasteiger partial charge in [-0.05, 0) is 55.5 Å². The van der Waals surface area contributed by atoms with E-state index in [9.17, 15) is 29.4 Å². The molecule has 13 nitrogen and oxygen atoms in total. The van der Waals surface area contributed by atoms with Gasteiger partial charge in [-0.25, -0.2) is 4.79 Å². The summed E-state index contributed by atoms with van der Waals surface area (Å²) >= 11 is 0. The number of aliphatic hydroxyl groups excluding tert-OH is 1. The third kappa shape index (κ3) is 8.01. The van der Waals surface area contributed by atoms with Crippen molar-refractivity contribution in [1.82, 2.24) is 25.9 Å². The molecule has 13 heteroatoms. The summed E-state index contributed by atoms with van der Waals surface area (Å²) in [5.41, 5.74) is 15.0. The standard InChI is InChI=1S/C31H39N7O6/c32-12-6-5-11-25(29(41)37-26(31(43)44)14-19-16-35-24-10-4-2-8-21(19)24)36-30(42)27(17-39)38-28(40)22(33)13-18-15-34-23-9-3-1-7-20(18)23/h1-4,7-10,15-16,22,25-27,34-35,39H,5-6,11-14,17,32-33H2,(H,36,42)(H,37,41)(H,38,40)(H,43,44). The molecule has 0 aliphatic rings. The Morgan fingerprint density at radius 2 is 1.25 bits per heavy atom. The molecule has 0 fully saturated rings. The zero-order valence-corrected chi connectivity index (χ0v) is 24.2. The van der Waals surface area contributed by atoms with Crippen molar-refractivity contribution in [3.05, 3.63) is 72.1 Å². The van der Waals surface area contributed by atoms with Crippen LogP contribution < -0.4 is 27.4 Å². The zero-order chi connectivity index (χ0) is 31.6. The van der Waals surface area contributed by atoms with Crippen LogP contribution in [0.25, 0.3) is 21.8 Å². The first kappa shape index (κ1) is 32.2. The largest absolute Gasteiger partial charge is 0.480 e. The third-order valence-corrected chi connectivity index (χ3v) is 7.56. The van der Waals surface area contributed by atoms with Gasteiger partial charge < -0.3 is 47.6 Å². The number of hydrogen-bond acceptors (Lipinski definition) is 7. The summed E-state index contributed by atoms with van der Waals surface area (Å²) in [6.45, 7) is -0.378. The van der Waals surface area contributed by atoms with Gasteiger partial charge in [0.2, 0.25) is 17.7 Å². The number of carboxylic acid groups (broad SMARTS) is 1. The molecule has 4 atom stereocenters. The number of H-pyrrole nitrogens is 2. The molecule has 0 aliphatic heterocycles. The number of fused-ring (bicyclic) bond motifs is 2. The number of carbonyl (C=O) groups excluding carboxylic acids is 3. The van der Waals surface area contributed by atoms with Crippen LogP contribution in [0.5, 0.6) is 0 Å². The van der Waals surface area contributed by atoms with E-state index in [0.717, 1.165) is 27.4 Å². The van der Waals surface area contributed by atoms with Crippen LogP contribution >= 0.6 is 0 Å². The van der Waals surface area contributed by atoms with Crippen LogP contribution in [-0.4, -0.2) is 81.2 Å². The number of aliphatic carboxylic acids is 1. The maximum atomic E-state index is 13.3. The number of carboxylic acids is 1. The van der Waals surface area contributed by atoms with Gasteiger partial charge in [0.25, 0.3) is 0 Å². The normalized spacial score (nSPS) is 14.1. The van der Waals surface area contributed by atoms with Crippen LogP contribution in [0.15, 0.2) is 60.9 Å². The van der Waals surface area contributed by atoms with E-state index in [-0.39, 0.29) is 19.3 Å². The van der Waals surface area contributed by atoms with Gasteiger partial charge >= 0.3 is 5.97 Å². The first-order chi connectivity index (χ1) is 21.2. The Bertz CT molecular complexity index is 1600. The monoisotopic (exact) mass is 605 g/mol. The molecule has 11 N–H and O–H groups in total. The summed E-state index contributed by atoms with van der Waals surface area (Å²) in [5, 5.41) is 29.1. The van der Waals surface area contributed by atoms with E-state index >= 15 is 0 Å². The molecule has 44 heavy (non-hydrogen) atoms. The molecule has 2 aromatic heterocycles. The number of aromatic nitrogens is 2. The second-order valence-corrected chi connectivity index (χ2v) is 10.7. The molecule has 0 saturated carbocycles. The molecule has 2 aromatic carbocycles. The lowest BCUT2D eigenvalue weighted by Gasteiger charge is -2.24. The summed E-state index contributed by atoms with van der Waals surface area (Å²) < 4.78 is 0. The highest BCUT2D eigenvalue weighted by molar-refractivity contribution is 5.95. The van der Waals surface area contributed by atoms with Gasteiger partial charge in [0.05, 0.1) is 12.6 Å². The van der Waals surface area contributed by atoms with E-state index in [4.69, 9.17) is 11.5 Å². The van der Waals surface area contributed by atoms with Gasteiger partial charge in [-0.2, -0.15) is 0 Å². The zero-order valence-electron chi connectivity index (χ0n) is 24.2. The molecule has 0 bridgehead atoms. The number of aromatic amines is 2. The van der Waals surface area contributed by atoms with Crippen LogP contribution in [-0.2, 0) is 32.0 Å². The Labute approximate surface area is 253 Å². The predicted molar refractivity (Wildman–Crippen MR) is 165 cm³/mol. The minimum Gasteiger partial charge on any atom is -0.480 e. The number of nitrogens with two attached hydrogens (primary N) is 2. The van der Waals surface area contributed by atoms with Gasteiger partial charge in [-0.1, -0.05) is 36.4 Å². The lowest BCUT2D eigenvalue weighted by Crippen LogP contribution is -2.58. The highest BCUT2D eigenvalue weighted by Gasteiger charge is 2.30. The number of para-hydroxylation sites is 2. The molecule has 3 amide bonds. The Kier molecular flexibility index (Phi) is 11.1. The van der Waals surface area contributed by atoms with Crippen LogP contribution in [0.4, 0.5) is 0 Å². The Morgan fingerprint density at radius 1 is 0.727 bits per heavy atom. The molecule has 0 spiro atoms. The smallest absolute Gasteiger partial charge is 0.326 e. The molecular weight excluding hydrogens is 566 g/mol. The highest BCUT2D eigenvalue weighted by atomic mass is 16.4. The minimum absolute atomic E-state index is 0.0121. The third-order valence-electron chi connectivity index (χ3n) is 7.56. The molecule has 4 rings (SSSR count). The molecule has 234 valence electrons. The fraction of sp³-hybridized carbons (Fsp3) is 0.355. The molecule has 4 unspecified atom stereocenters. The van der Waals surface area contributed by atoms with E-state index in [1.807, 2.05) is 48.5 Å². The average Bonchev–Trinajstić information content (AvgIpc) is 3.62. The van der Waals surface area contributed by atoms with Gasteiger partial charge in [-0.15, -0.1) is 0 Å². The predicted octanol–water partition coefficient (Wildman–Crippen LogP) is 0.422. The number of aliphatic hydroxyl groups is 1. The van der Waals surface area contributed by atoms with Gasteiger partial charge in [-0.3, -0.25) is 14.4 Å². The number of unbranched alkanes of at least 4 members (excludes halogenated alkanes) is 1. The van der Waals surface area contributed by atoms with Crippen molar-refractivity contribution in [1.29, 1.82) is 0 Å². The molecule has 0 aliphatic carbocycles. The minimum atomic E-state index is -1.39. The molecule has 4 aromatic rings. The van der Waals surface area contributed by atoms with E-state index < -0.39 is 54.5 Å². The van der Waals surface area contributed by atoms with Crippen LogP contribution in [0.1, 0.15) is 30.4 Å². The number of carbonyl (C=O) groups is 4. The van der Waals surface area contributed by atoms with Crippen molar-refractivity contribution >= 4 is 45.5 Å². The Hall–Kier alpha value is -4.72. The van der Waals surface area contributed by atoms with E-state index in [2.05, 4.69) is 25.9 Å². The summed E-state index contributed by atoms with van der Waals surface area (Å²) in [6.07, 6.45) is 4.87. The summed E-state index contributed by atoms with van der Waals surface area (Å²) in [5.74, 6) is -3.41. The van der Waals surface area contributed by atoms with Crippen molar-refractivity contribution in [3.8, 4) is 0 Å². The quantitative estimate of drug-likeness (QED) is 0.0811. The number of amides is 3. The summed E-state index contributed by atoms with van der Waals surface area (Å²) in [7, 11) is 0. The lowest BCUT2D eigenvalue weighted by molar-refractivity contribution is -0.142. The molecule has 2 heterocycles. The fourth-order valence-electron chi connectivity index (χ4n) is 5.13. The average molecular weight is 606 g/mol. The SMILES string of the molecule is NCCCCC(NC(=O)C(CO)NC(=O)C(N)Cc1c[nH]c2ccccc12)C(=O)NC(Cc1c[nH]c2ccccc12)C(=O)O. The number of rotatable bonds is 16. The topological polar surface area (TPSA) is 228 Å². The summed E-state index contributed by atoms with van der Waals surface area (Å²) in [6, 6.07) is 10.2. The van der Waals surface area contributed by atoms with E-state index in [0.29, 0.717) is 24.9 Å². The number of hydrogen-bond donors (Lipinski definition) is 9. The lowest BCUT2D eigenvalue weighted by atomic mass is 10.0. The van der Waals surface area contributed by atoms with Crippen molar-refractivity contribution < 1.29 is 29.4 Å². The van der Waals surface area contributed by atoms with Gasteiger partial charge in [0.1, 0.15) is 18.1 Å². The van der Waals surface area contributed by atoms with Gasteiger partial charge in [0, 0.05) is 40.6 Å². The second kappa shape index (κ2) is 15.1. The molecule has 0 saturated heterocycles. The van der Waals surface area contributed by atoms with Crippen molar-refractivity contribution in [2.45, 2.75) is 56.3 Å². The number of nitrogens with one attached hydrogen (secondary N) is 5. The Morgan fingerprint density at radius 3 is 1.82 bits per heavy atom. The van der Waals surface area contributed by atoms with Crippen molar-refractivity contribution in [3.63, 3.8) is 0 Å².